The van der Waals surface area contributed by atoms with Crippen molar-refractivity contribution >= 4 is 10.0 Å². The molecule has 5 nitrogen and oxygen atoms in total. The van der Waals surface area contributed by atoms with Crippen LogP contribution in [0, 0.1) is 5.92 Å². The molecular weight excluding hydrogens is 324 g/mol. The average molecular weight is 348 g/mol. The van der Waals surface area contributed by atoms with Crippen LogP contribution in [0.4, 0.5) is 0 Å². The molecule has 1 aliphatic rings. The molecular formula is C18H24N2O3S. The highest BCUT2D eigenvalue weighted by Gasteiger charge is 2.27. The summed E-state index contributed by atoms with van der Waals surface area (Å²) in [7, 11) is -1.94. The van der Waals surface area contributed by atoms with Crippen LogP contribution in [-0.4, -0.2) is 19.5 Å². The minimum Gasteiger partial charge on any atom is -0.305 e. The summed E-state index contributed by atoms with van der Waals surface area (Å²) < 4.78 is 26.7. The molecule has 1 N–H and O–H groups in total. The number of nitrogens with one attached hydrogen (secondary N) is 1. The number of hydrogen-bond acceptors (Lipinski definition) is 4. The lowest BCUT2D eigenvalue weighted by Crippen LogP contribution is -2.28. The molecule has 3 rings (SSSR count). The minimum atomic E-state index is -3.55. The molecule has 1 atom stereocenters. The van der Waals surface area contributed by atoms with Crippen LogP contribution in [-0.2, 0) is 14.9 Å². The van der Waals surface area contributed by atoms with Crippen LogP contribution in [0.5, 0.6) is 0 Å². The Balaban J connectivity index is 1.88. The summed E-state index contributed by atoms with van der Waals surface area (Å²) in [4.78, 5) is 5.48. The maximum absolute atomic E-state index is 12.7. The summed E-state index contributed by atoms with van der Waals surface area (Å²) in [6, 6.07) is 10.4. The molecule has 0 bridgehead atoms. The first-order valence-corrected chi connectivity index (χ1v) is 9.84. The van der Waals surface area contributed by atoms with Crippen molar-refractivity contribution in [1.82, 2.24) is 9.45 Å². The smallest absolute Gasteiger partial charge is 0.267 e. The molecule has 130 valence electrons. The summed E-state index contributed by atoms with van der Waals surface area (Å²) in [5, 5.41) is 0. The third-order valence-corrected chi connectivity index (χ3v) is 6.38. The first kappa shape index (κ1) is 17.2. The van der Waals surface area contributed by atoms with Gasteiger partial charge in [0.15, 0.2) is 0 Å². The van der Waals surface area contributed by atoms with Gasteiger partial charge in [-0.1, -0.05) is 37.5 Å². The van der Waals surface area contributed by atoms with Crippen molar-refractivity contribution in [1.29, 1.82) is 0 Å². The van der Waals surface area contributed by atoms with Gasteiger partial charge >= 0.3 is 0 Å². The van der Waals surface area contributed by atoms with Gasteiger partial charge in [-0.25, -0.2) is 12.4 Å². The molecule has 0 aliphatic heterocycles. The molecule has 1 saturated carbocycles. The topological polar surface area (TPSA) is 60.3 Å². The molecule has 24 heavy (non-hydrogen) atoms. The second-order valence-corrected chi connectivity index (χ2v) is 8.13. The van der Waals surface area contributed by atoms with E-state index in [0.29, 0.717) is 10.8 Å². The molecule has 0 amide bonds. The van der Waals surface area contributed by atoms with E-state index in [2.05, 4.69) is 5.48 Å². The highest BCUT2D eigenvalue weighted by atomic mass is 32.2. The van der Waals surface area contributed by atoms with Crippen LogP contribution in [0.2, 0.25) is 0 Å². The Morgan fingerprint density at radius 2 is 1.83 bits per heavy atom. The van der Waals surface area contributed by atoms with Gasteiger partial charge in [-0.05, 0) is 42.5 Å². The number of benzene rings is 1. The van der Waals surface area contributed by atoms with Crippen molar-refractivity contribution in [2.45, 2.75) is 43.0 Å². The third kappa shape index (κ3) is 3.55. The third-order valence-electron chi connectivity index (χ3n) is 4.73. The molecule has 1 heterocycles. The zero-order valence-electron chi connectivity index (χ0n) is 13.9. The molecule has 0 radical (unpaired) electrons. The van der Waals surface area contributed by atoms with Gasteiger partial charge in [-0.15, -0.1) is 0 Å². The van der Waals surface area contributed by atoms with Crippen molar-refractivity contribution in [2.75, 3.05) is 7.11 Å². The molecule has 0 saturated heterocycles. The minimum absolute atomic E-state index is 0.0162. The van der Waals surface area contributed by atoms with Gasteiger partial charge in [0.05, 0.1) is 18.0 Å². The standard InChI is InChI=1S/C18H24N2O3S/c1-23-19-18(15-8-4-2-5-9-15)16-12-13-20(14-16)24(21,22)17-10-6-3-7-11-17/h3,6-7,10-15,18-19H,2,4-5,8-9H2,1H3/t18-/m1/s1. The normalized spacial score (nSPS) is 17.7. The van der Waals surface area contributed by atoms with Crippen LogP contribution in [0.25, 0.3) is 0 Å². The molecule has 1 aromatic heterocycles. The van der Waals surface area contributed by atoms with E-state index >= 15 is 0 Å². The monoisotopic (exact) mass is 348 g/mol. The summed E-state index contributed by atoms with van der Waals surface area (Å²) in [6.45, 7) is 0. The number of rotatable bonds is 6. The van der Waals surface area contributed by atoms with Gasteiger partial charge in [-0.3, -0.25) is 0 Å². The van der Waals surface area contributed by atoms with Crippen molar-refractivity contribution in [3.05, 3.63) is 54.4 Å². The second kappa shape index (κ2) is 7.51. The number of hydroxylamine groups is 1. The van der Waals surface area contributed by atoms with Crippen molar-refractivity contribution in [2.24, 2.45) is 5.92 Å². The quantitative estimate of drug-likeness (QED) is 0.812. The first-order valence-electron chi connectivity index (χ1n) is 8.40. The van der Waals surface area contributed by atoms with E-state index in [1.54, 1.807) is 43.8 Å². The molecule has 1 aliphatic carbocycles. The Labute approximate surface area is 143 Å². The predicted octanol–water partition coefficient (Wildman–Crippen LogP) is 3.50. The first-order chi connectivity index (χ1) is 11.6. The zero-order valence-corrected chi connectivity index (χ0v) is 14.7. The zero-order chi connectivity index (χ0) is 17.0. The van der Waals surface area contributed by atoms with Gasteiger partial charge in [0, 0.05) is 12.4 Å². The van der Waals surface area contributed by atoms with Gasteiger partial charge < -0.3 is 4.84 Å². The predicted molar refractivity (Wildman–Crippen MR) is 92.9 cm³/mol. The van der Waals surface area contributed by atoms with Crippen LogP contribution in [0.1, 0.15) is 43.7 Å². The maximum atomic E-state index is 12.7. The second-order valence-electron chi connectivity index (χ2n) is 6.29. The largest absolute Gasteiger partial charge is 0.305 e. The lowest BCUT2D eigenvalue weighted by molar-refractivity contribution is 0.0333. The number of hydrogen-bond donors (Lipinski definition) is 1. The number of aromatic nitrogens is 1. The van der Waals surface area contributed by atoms with Crippen molar-refractivity contribution < 1.29 is 13.3 Å². The van der Waals surface area contributed by atoms with E-state index in [-0.39, 0.29) is 6.04 Å². The fourth-order valence-corrected chi connectivity index (χ4v) is 4.70. The lowest BCUT2D eigenvalue weighted by atomic mass is 9.82. The van der Waals surface area contributed by atoms with Crippen LogP contribution in [0.15, 0.2) is 53.7 Å². The lowest BCUT2D eigenvalue weighted by Gasteiger charge is -2.29. The molecule has 6 heteroatoms. The Bertz CT molecular complexity index is 750. The van der Waals surface area contributed by atoms with Crippen LogP contribution in [0.3, 0.4) is 0 Å². The van der Waals surface area contributed by atoms with Gasteiger partial charge in [-0.2, -0.15) is 5.48 Å². The van der Waals surface area contributed by atoms with Crippen molar-refractivity contribution in [3.8, 4) is 0 Å². The summed E-state index contributed by atoms with van der Waals surface area (Å²) in [5.74, 6) is 0.467. The fraction of sp³-hybridized carbons (Fsp3) is 0.444. The Hall–Kier alpha value is -1.63. The van der Waals surface area contributed by atoms with Gasteiger partial charge in [0.25, 0.3) is 10.0 Å². The van der Waals surface area contributed by atoms with Crippen LogP contribution >= 0.6 is 0 Å². The van der Waals surface area contributed by atoms with Gasteiger partial charge in [0.1, 0.15) is 0 Å². The maximum Gasteiger partial charge on any atom is 0.267 e. The van der Waals surface area contributed by atoms with Gasteiger partial charge in [0.2, 0.25) is 0 Å². The van der Waals surface area contributed by atoms with Crippen molar-refractivity contribution in [3.63, 3.8) is 0 Å². The highest BCUT2D eigenvalue weighted by Crippen LogP contribution is 2.35. The SMILES string of the molecule is CON[C@@H](c1ccn(S(=O)(=O)c2ccccc2)c1)C1CCCCC1. The Kier molecular flexibility index (Phi) is 5.38. The molecule has 2 aromatic rings. The highest BCUT2D eigenvalue weighted by molar-refractivity contribution is 7.90. The fourth-order valence-electron chi connectivity index (χ4n) is 3.47. The van der Waals surface area contributed by atoms with E-state index in [9.17, 15) is 8.42 Å². The summed E-state index contributed by atoms with van der Waals surface area (Å²) in [6.07, 6.45) is 9.30. The van der Waals surface area contributed by atoms with Crippen LogP contribution < -0.4 is 5.48 Å². The van der Waals surface area contributed by atoms with E-state index in [1.807, 2.05) is 12.1 Å². The van der Waals surface area contributed by atoms with E-state index in [0.717, 1.165) is 18.4 Å². The van der Waals surface area contributed by atoms with E-state index < -0.39 is 10.0 Å². The number of nitrogens with zero attached hydrogens (tertiary/aromatic N) is 1. The Morgan fingerprint density at radius 3 is 2.50 bits per heavy atom. The molecule has 0 spiro atoms. The molecule has 0 unspecified atom stereocenters. The molecule has 1 aromatic carbocycles. The molecule has 1 fully saturated rings. The summed E-state index contributed by atoms with van der Waals surface area (Å²) >= 11 is 0. The van der Waals surface area contributed by atoms with E-state index in [4.69, 9.17) is 4.84 Å². The average Bonchev–Trinajstić information content (AvgIpc) is 3.12. The summed E-state index contributed by atoms with van der Waals surface area (Å²) in [5.41, 5.74) is 4.01. The van der Waals surface area contributed by atoms with E-state index in [1.165, 1.54) is 23.2 Å². The Morgan fingerprint density at radius 1 is 1.12 bits per heavy atom.